The van der Waals surface area contributed by atoms with E-state index in [1.807, 2.05) is 0 Å². The number of fused-ring (bicyclic) bond motifs is 1. The van der Waals surface area contributed by atoms with Gasteiger partial charge in [-0.15, -0.1) is 0 Å². The molecule has 0 aliphatic carbocycles. The van der Waals surface area contributed by atoms with Gasteiger partial charge in [-0.3, -0.25) is 14.2 Å². The van der Waals surface area contributed by atoms with Crippen molar-refractivity contribution in [3.63, 3.8) is 0 Å². The number of esters is 2. The van der Waals surface area contributed by atoms with E-state index in [0.717, 1.165) is 0 Å². The van der Waals surface area contributed by atoms with Crippen LogP contribution >= 0.6 is 15.9 Å². The third-order valence-electron chi connectivity index (χ3n) is 3.57. The lowest BCUT2D eigenvalue weighted by Crippen LogP contribution is -2.31. The lowest BCUT2D eigenvalue weighted by atomic mass is 10.2. The highest BCUT2D eigenvalue weighted by Gasteiger charge is 2.39. The second kappa shape index (κ2) is 6.81. The summed E-state index contributed by atoms with van der Waals surface area (Å²) in [4.78, 5) is 34.8. The first kappa shape index (κ1) is 16.8. The van der Waals surface area contributed by atoms with E-state index in [1.54, 1.807) is 10.9 Å². The highest BCUT2D eigenvalue weighted by molar-refractivity contribution is 9.10. The van der Waals surface area contributed by atoms with Crippen molar-refractivity contribution in [2.45, 2.75) is 38.7 Å². The summed E-state index contributed by atoms with van der Waals surface area (Å²) in [6.07, 6.45) is 1.90. The highest BCUT2D eigenvalue weighted by atomic mass is 79.9. The minimum absolute atomic E-state index is 0.00902. The molecule has 3 heterocycles. The summed E-state index contributed by atoms with van der Waals surface area (Å²) in [5.41, 5.74) is 1.20. The monoisotopic (exact) mass is 398 g/mol. The van der Waals surface area contributed by atoms with Crippen LogP contribution in [0.5, 0.6) is 0 Å². The number of halogens is 1. The molecule has 0 saturated carbocycles. The number of imidazole rings is 1. The lowest BCUT2D eigenvalue weighted by Gasteiger charge is -2.17. The summed E-state index contributed by atoms with van der Waals surface area (Å²) in [6, 6.07) is 0. The number of nitrogens with zero attached hydrogens (tertiary/aromatic N) is 4. The standard InChI is InChI=1S/C14H15BrN4O5/c1-7(20)22-4-10-9(23-8(2)21)3-11(24-10)19-6-18-12-13(15)16-5-17-14(12)19/h5-6,9-11H,3-4H2,1-2H3/t9-,10+,11+/m0/s1. The van der Waals surface area contributed by atoms with Crippen LogP contribution in [-0.2, 0) is 23.8 Å². The molecule has 3 rings (SSSR count). The summed E-state index contributed by atoms with van der Waals surface area (Å²) >= 11 is 3.32. The van der Waals surface area contributed by atoms with Crippen LogP contribution in [0.3, 0.4) is 0 Å². The quantitative estimate of drug-likeness (QED) is 0.561. The first-order valence-corrected chi connectivity index (χ1v) is 8.04. The second-order valence-corrected chi connectivity index (χ2v) is 6.06. The van der Waals surface area contributed by atoms with E-state index >= 15 is 0 Å². The van der Waals surface area contributed by atoms with Gasteiger partial charge in [0.15, 0.2) is 5.65 Å². The largest absolute Gasteiger partial charge is 0.463 e. The minimum Gasteiger partial charge on any atom is -0.463 e. The van der Waals surface area contributed by atoms with Gasteiger partial charge in [0.25, 0.3) is 0 Å². The molecule has 1 aliphatic rings. The van der Waals surface area contributed by atoms with Crippen LogP contribution in [0.2, 0.25) is 0 Å². The lowest BCUT2D eigenvalue weighted by molar-refractivity contribution is -0.155. The van der Waals surface area contributed by atoms with E-state index in [4.69, 9.17) is 14.2 Å². The Kier molecular flexibility index (Phi) is 4.76. The van der Waals surface area contributed by atoms with Crippen molar-refractivity contribution in [2.75, 3.05) is 6.61 Å². The van der Waals surface area contributed by atoms with Crippen LogP contribution in [0.15, 0.2) is 17.3 Å². The van der Waals surface area contributed by atoms with Gasteiger partial charge in [0, 0.05) is 20.3 Å². The van der Waals surface area contributed by atoms with Gasteiger partial charge in [-0.05, 0) is 15.9 Å². The number of rotatable bonds is 4. The fourth-order valence-electron chi connectivity index (χ4n) is 2.59. The molecule has 9 nitrogen and oxygen atoms in total. The summed E-state index contributed by atoms with van der Waals surface area (Å²) < 4.78 is 18.5. The smallest absolute Gasteiger partial charge is 0.303 e. The Morgan fingerprint density at radius 3 is 2.83 bits per heavy atom. The molecule has 0 bridgehead atoms. The maximum Gasteiger partial charge on any atom is 0.303 e. The first-order chi connectivity index (χ1) is 11.5. The van der Waals surface area contributed by atoms with Crippen molar-refractivity contribution < 1.29 is 23.8 Å². The van der Waals surface area contributed by atoms with Crippen molar-refractivity contribution >= 4 is 39.0 Å². The Bertz CT molecular complexity index is 780. The topological polar surface area (TPSA) is 105 Å². The molecule has 0 aromatic carbocycles. The molecule has 0 unspecified atom stereocenters. The highest BCUT2D eigenvalue weighted by Crippen LogP contribution is 2.33. The minimum atomic E-state index is -0.550. The Labute approximate surface area is 145 Å². The van der Waals surface area contributed by atoms with Gasteiger partial charge in [-0.25, -0.2) is 15.0 Å². The third-order valence-corrected chi connectivity index (χ3v) is 4.15. The Hall–Kier alpha value is -2.07. The van der Waals surface area contributed by atoms with E-state index in [0.29, 0.717) is 22.2 Å². The summed E-state index contributed by atoms with van der Waals surface area (Å²) in [5, 5.41) is 0. The molecular formula is C14H15BrN4O5. The van der Waals surface area contributed by atoms with Gasteiger partial charge >= 0.3 is 11.9 Å². The summed E-state index contributed by atoms with van der Waals surface area (Å²) in [7, 11) is 0. The maximum absolute atomic E-state index is 11.3. The molecule has 128 valence electrons. The Morgan fingerprint density at radius 1 is 1.33 bits per heavy atom. The zero-order valence-electron chi connectivity index (χ0n) is 13.0. The van der Waals surface area contributed by atoms with Crippen molar-refractivity contribution in [3.8, 4) is 0 Å². The van der Waals surface area contributed by atoms with Crippen molar-refractivity contribution in [2.24, 2.45) is 0 Å². The van der Waals surface area contributed by atoms with Gasteiger partial charge < -0.3 is 14.2 Å². The van der Waals surface area contributed by atoms with Crippen molar-refractivity contribution in [1.29, 1.82) is 0 Å². The van der Waals surface area contributed by atoms with Gasteiger partial charge in [-0.1, -0.05) is 0 Å². The van der Waals surface area contributed by atoms with E-state index in [9.17, 15) is 9.59 Å². The molecule has 2 aromatic rings. The molecule has 0 N–H and O–H groups in total. The summed E-state index contributed by atoms with van der Waals surface area (Å²) in [6.45, 7) is 2.65. The van der Waals surface area contributed by atoms with E-state index < -0.39 is 30.4 Å². The van der Waals surface area contributed by atoms with Crippen LogP contribution in [0.1, 0.15) is 26.5 Å². The molecule has 10 heteroatoms. The summed E-state index contributed by atoms with van der Waals surface area (Å²) in [5.74, 6) is -0.842. The molecule has 1 saturated heterocycles. The zero-order chi connectivity index (χ0) is 17.3. The molecule has 1 aliphatic heterocycles. The average Bonchev–Trinajstić information content (AvgIpc) is 3.09. The van der Waals surface area contributed by atoms with E-state index in [1.165, 1.54) is 20.2 Å². The Morgan fingerprint density at radius 2 is 2.12 bits per heavy atom. The van der Waals surface area contributed by atoms with Crippen LogP contribution in [0, 0.1) is 0 Å². The van der Waals surface area contributed by atoms with E-state index in [-0.39, 0.29) is 6.61 Å². The average molecular weight is 399 g/mol. The van der Waals surface area contributed by atoms with Crippen LogP contribution in [0.4, 0.5) is 0 Å². The SMILES string of the molecule is CC(=O)OC[C@H]1O[C@@H](n2cnc3c(Br)ncnc32)C[C@@H]1OC(C)=O. The molecule has 0 radical (unpaired) electrons. The first-order valence-electron chi connectivity index (χ1n) is 7.24. The van der Waals surface area contributed by atoms with Crippen molar-refractivity contribution in [1.82, 2.24) is 19.5 Å². The molecule has 24 heavy (non-hydrogen) atoms. The zero-order valence-corrected chi connectivity index (χ0v) is 14.6. The number of carbonyl (C=O) groups excluding carboxylic acids is 2. The molecular weight excluding hydrogens is 384 g/mol. The fraction of sp³-hybridized carbons (Fsp3) is 0.500. The Balaban J connectivity index is 1.84. The normalized spacial score (nSPS) is 23.4. The van der Waals surface area contributed by atoms with Crippen LogP contribution in [-0.4, -0.2) is 50.3 Å². The third kappa shape index (κ3) is 3.39. The van der Waals surface area contributed by atoms with Gasteiger partial charge in [0.1, 0.15) is 41.5 Å². The molecule has 0 spiro atoms. The van der Waals surface area contributed by atoms with Gasteiger partial charge in [-0.2, -0.15) is 0 Å². The van der Waals surface area contributed by atoms with Crippen molar-refractivity contribution in [3.05, 3.63) is 17.3 Å². The molecule has 2 aromatic heterocycles. The van der Waals surface area contributed by atoms with Crippen LogP contribution < -0.4 is 0 Å². The van der Waals surface area contributed by atoms with Crippen LogP contribution in [0.25, 0.3) is 11.2 Å². The molecule has 1 fully saturated rings. The predicted molar refractivity (Wildman–Crippen MR) is 83.7 cm³/mol. The predicted octanol–water partition coefficient (Wildman–Crippen LogP) is 1.37. The van der Waals surface area contributed by atoms with E-state index in [2.05, 4.69) is 30.9 Å². The number of aromatic nitrogens is 4. The molecule has 0 amide bonds. The number of carbonyl (C=O) groups is 2. The fourth-order valence-corrected chi connectivity index (χ4v) is 2.96. The number of hydrogen-bond donors (Lipinski definition) is 0. The second-order valence-electron chi connectivity index (χ2n) is 5.30. The number of hydrogen-bond acceptors (Lipinski definition) is 8. The van der Waals surface area contributed by atoms with Gasteiger partial charge in [0.2, 0.25) is 0 Å². The maximum atomic E-state index is 11.3. The number of ether oxygens (including phenoxy) is 3. The molecule has 3 atom stereocenters. The van der Waals surface area contributed by atoms with Gasteiger partial charge in [0.05, 0.1) is 6.33 Å².